The van der Waals surface area contributed by atoms with E-state index in [1.54, 1.807) is 7.05 Å². The lowest BCUT2D eigenvalue weighted by molar-refractivity contribution is -0.179. The number of hydrogen-bond acceptors (Lipinski definition) is 5. The lowest BCUT2D eigenvalue weighted by atomic mass is 9.99. The minimum Gasteiger partial charge on any atom is -0.359 e. The second-order valence-corrected chi connectivity index (χ2v) is 8.25. The van der Waals surface area contributed by atoms with Crippen LogP contribution in [0.25, 0.3) is 0 Å². The van der Waals surface area contributed by atoms with E-state index in [2.05, 4.69) is 5.32 Å². The maximum atomic E-state index is 12.8. The smallest absolute Gasteiger partial charge is 0.282 e. The van der Waals surface area contributed by atoms with Gasteiger partial charge < -0.3 is 14.8 Å². The molecule has 8 nitrogen and oxygen atoms in total. The summed E-state index contributed by atoms with van der Waals surface area (Å²) in [5.74, 6) is -0.935. The van der Waals surface area contributed by atoms with E-state index in [0.29, 0.717) is 52.1 Å². The van der Waals surface area contributed by atoms with Crippen LogP contribution in [0.1, 0.15) is 25.7 Å². The predicted octanol–water partition coefficient (Wildman–Crippen LogP) is -0.472. The summed E-state index contributed by atoms with van der Waals surface area (Å²) < 4.78 is 39.9. The molecule has 1 N–H and O–H groups in total. The Kier molecular flexibility index (Phi) is 4.93. The summed E-state index contributed by atoms with van der Waals surface area (Å²) in [4.78, 5) is 11.8. The summed E-state index contributed by atoms with van der Waals surface area (Å²) in [6, 6.07) is 0. The molecule has 0 saturated carbocycles. The lowest BCUT2D eigenvalue weighted by Crippen LogP contribution is -2.54. The molecule has 3 aliphatic rings. The summed E-state index contributed by atoms with van der Waals surface area (Å²) >= 11 is 0. The molecule has 0 aromatic heterocycles. The summed E-state index contributed by atoms with van der Waals surface area (Å²) in [6.07, 6.45) is 2.55. The first-order valence-corrected chi connectivity index (χ1v) is 9.61. The number of ether oxygens (including phenoxy) is 2. The fourth-order valence-electron chi connectivity index (χ4n) is 3.58. The van der Waals surface area contributed by atoms with Gasteiger partial charge in [0.1, 0.15) is 0 Å². The quantitative estimate of drug-likeness (QED) is 0.746. The van der Waals surface area contributed by atoms with Crippen LogP contribution in [0.2, 0.25) is 0 Å². The van der Waals surface area contributed by atoms with Gasteiger partial charge in [-0.05, 0) is 12.8 Å². The normalized spacial score (nSPS) is 29.7. The fraction of sp³-hybridized carbons (Fsp3) is 0.929. The van der Waals surface area contributed by atoms with E-state index in [4.69, 9.17) is 9.47 Å². The molecule has 3 saturated heterocycles. The van der Waals surface area contributed by atoms with Gasteiger partial charge in [-0.3, -0.25) is 4.79 Å². The molecule has 3 rings (SSSR count). The van der Waals surface area contributed by atoms with Crippen LogP contribution in [0.5, 0.6) is 0 Å². The van der Waals surface area contributed by atoms with Crippen molar-refractivity contribution in [1.29, 1.82) is 0 Å². The van der Waals surface area contributed by atoms with E-state index < -0.39 is 16.0 Å². The monoisotopic (exact) mass is 347 g/mol. The Morgan fingerprint density at radius 3 is 2.39 bits per heavy atom. The molecule has 3 fully saturated rings. The maximum Gasteiger partial charge on any atom is 0.282 e. The van der Waals surface area contributed by atoms with E-state index in [-0.39, 0.29) is 18.4 Å². The average molecular weight is 347 g/mol. The van der Waals surface area contributed by atoms with Gasteiger partial charge in [-0.25, -0.2) is 0 Å². The third-order valence-corrected chi connectivity index (χ3v) is 6.95. The van der Waals surface area contributed by atoms with Crippen molar-refractivity contribution in [3.05, 3.63) is 0 Å². The van der Waals surface area contributed by atoms with Crippen molar-refractivity contribution in [3.63, 3.8) is 0 Å². The van der Waals surface area contributed by atoms with Crippen molar-refractivity contribution in [1.82, 2.24) is 13.9 Å². The SMILES string of the molecule is CNC(=O)C1CCCN(S(=O)(=O)N2CCC3(CC2)OCCO3)C1. The molecule has 0 aliphatic carbocycles. The summed E-state index contributed by atoms with van der Waals surface area (Å²) in [5, 5.41) is 2.61. The Morgan fingerprint density at radius 2 is 1.78 bits per heavy atom. The first-order valence-electron chi connectivity index (χ1n) is 8.22. The minimum absolute atomic E-state index is 0.0877. The van der Waals surface area contributed by atoms with Crippen LogP contribution in [-0.2, 0) is 24.5 Å². The third kappa shape index (κ3) is 3.39. The summed E-state index contributed by atoms with van der Waals surface area (Å²) in [5.41, 5.74) is 0. The zero-order valence-electron chi connectivity index (χ0n) is 13.5. The average Bonchev–Trinajstić information content (AvgIpc) is 3.02. The van der Waals surface area contributed by atoms with Crippen LogP contribution in [0, 0.1) is 5.92 Å². The van der Waals surface area contributed by atoms with Crippen LogP contribution >= 0.6 is 0 Å². The molecule has 0 aromatic rings. The number of piperidine rings is 2. The highest BCUT2D eigenvalue weighted by Gasteiger charge is 2.44. The number of nitrogens with zero attached hydrogens (tertiary/aromatic N) is 2. The molecule has 1 amide bonds. The number of carbonyl (C=O) groups is 1. The van der Waals surface area contributed by atoms with Crippen LogP contribution in [-0.4, -0.2) is 75.2 Å². The standard InChI is InChI=1S/C14H25N3O5S/c1-15-13(18)12-3-2-6-17(11-12)23(19,20)16-7-4-14(5-8-16)21-9-10-22-14/h12H,2-11H2,1H3,(H,15,18). The van der Waals surface area contributed by atoms with Crippen molar-refractivity contribution < 1.29 is 22.7 Å². The van der Waals surface area contributed by atoms with Crippen LogP contribution in [0.15, 0.2) is 0 Å². The number of rotatable bonds is 3. The fourth-order valence-corrected chi connectivity index (χ4v) is 5.28. The Labute approximate surface area is 137 Å². The number of hydrogen-bond donors (Lipinski definition) is 1. The molecule has 0 radical (unpaired) electrons. The molecule has 23 heavy (non-hydrogen) atoms. The van der Waals surface area contributed by atoms with Gasteiger partial charge in [0.2, 0.25) is 5.91 Å². The van der Waals surface area contributed by atoms with Gasteiger partial charge in [0, 0.05) is 46.1 Å². The summed E-state index contributed by atoms with van der Waals surface area (Å²) in [7, 11) is -1.95. The molecule has 3 aliphatic heterocycles. The van der Waals surface area contributed by atoms with Crippen molar-refractivity contribution in [2.45, 2.75) is 31.5 Å². The van der Waals surface area contributed by atoms with Gasteiger partial charge in [0.15, 0.2) is 5.79 Å². The Hall–Kier alpha value is -0.740. The highest BCUT2D eigenvalue weighted by atomic mass is 32.2. The first kappa shape index (κ1) is 17.1. The van der Waals surface area contributed by atoms with E-state index >= 15 is 0 Å². The number of amides is 1. The Balaban J connectivity index is 1.63. The van der Waals surface area contributed by atoms with Crippen LogP contribution in [0.3, 0.4) is 0 Å². The van der Waals surface area contributed by atoms with E-state index in [9.17, 15) is 13.2 Å². The van der Waals surface area contributed by atoms with E-state index in [1.807, 2.05) is 0 Å². The first-order chi connectivity index (χ1) is 11.0. The largest absolute Gasteiger partial charge is 0.359 e. The van der Waals surface area contributed by atoms with Crippen LogP contribution < -0.4 is 5.32 Å². The second kappa shape index (κ2) is 6.64. The van der Waals surface area contributed by atoms with Gasteiger partial charge in [0.25, 0.3) is 10.2 Å². The summed E-state index contributed by atoms with van der Waals surface area (Å²) in [6.45, 7) is 2.67. The number of nitrogens with one attached hydrogen (secondary N) is 1. The highest BCUT2D eigenvalue weighted by Crippen LogP contribution is 2.33. The van der Waals surface area contributed by atoms with Gasteiger partial charge in [0.05, 0.1) is 19.1 Å². The number of carbonyl (C=O) groups excluding carboxylic acids is 1. The Morgan fingerprint density at radius 1 is 1.13 bits per heavy atom. The molecular weight excluding hydrogens is 322 g/mol. The molecule has 3 heterocycles. The van der Waals surface area contributed by atoms with Crippen molar-refractivity contribution in [3.8, 4) is 0 Å². The molecule has 0 aromatic carbocycles. The van der Waals surface area contributed by atoms with Gasteiger partial charge in [-0.1, -0.05) is 0 Å². The molecule has 1 atom stereocenters. The third-order valence-electron chi connectivity index (χ3n) is 4.95. The highest BCUT2D eigenvalue weighted by molar-refractivity contribution is 7.86. The van der Waals surface area contributed by atoms with Crippen molar-refractivity contribution in [2.24, 2.45) is 5.92 Å². The molecule has 132 valence electrons. The van der Waals surface area contributed by atoms with E-state index in [0.717, 1.165) is 6.42 Å². The van der Waals surface area contributed by atoms with Crippen LogP contribution in [0.4, 0.5) is 0 Å². The second-order valence-electron chi connectivity index (χ2n) is 6.33. The molecule has 1 spiro atoms. The van der Waals surface area contributed by atoms with Gasteiger partial charge in [-0.2, -0.15) is 17.0 Å². The maximum absolute atomic E-state index is 12.8. The van der Waals surface area contributed by atoms with Crippen molar-refractivity contribution in [2.75, 3.05) is 46.4 Å². The minimum atomic E-state index is -3.53. The molecule has 9 heteroatoms. The lowest BCUT2D eigenvalue weighted by Gasteiger charge is -2.40. The topological polar surface area (TPSA) is 88.2 Å². The molecular formula is C14H25N3O5S. The zero-order valence-corrected chi connectivity index (χ0v) is 14.3. The molecule has 0 bridgehead atoms. The molecule has 1 unspecified atom stereocenters. The zero-order chi connectivity index (χ0) is 16.5. The van der Waals surface area contributed by atoms with Gasteiger partial charge >= 0.3 is 0 Å². The van der Waals surface area contributed by atoms with Crippen molar-refractivity contribution >= 4 is 16.1 Å². The Bertz CT molecular complexity index is 537. The van der Waals surface area contributed by atoms with E-state index in [1.165, 1.54) is 8.61 Å². The van der Waals surface area contributed by atoms with Gasteiger partial charge in [-0.15, -0.1) is 0 Å². The predicted molar refractivity (Wildman–Crippen MR) is 82.7 cm³/mol.